The van der Waals surface area contributed by atoms with Gasteiger partial charge in [0.25, 0.3) is 11.5 Å². The van der Waals surface area contributed by atoms with Crippen LogP contribution in [0.3, 0.4) is 0 Å². The molecule has 1 aromatic carbocycles. The van der Waals surface area contributed by atoms with Crippen LogP contribution in [0.25, 0.3) is 22.0 Å². The molecule has 0 saturated carbocycles. The Hall–Kier alpha value is -3.89. The molecule has 4 aromatic rings. The van der Waals surface area contributed by atoms with Crippen molar-refractivity contribution in [3.05, 3.63) is 75.5 Å². The van der Waals surface area contributed by atoms with Gasteiger partial charge in [-0.2, -0.15) is 0 Å². The number of alkyl halides is 1. The van der Waals surface area contributed by atoms with Gasteiger partial charge in [0, 0.05) is 79.4 Å². The summed E-state index contributed by atoms with van der Waals surface area (Å²) in [5.41, 5.74) is 7.56. The van der Waals surface area contributed by atoms with Crippen molar-refractivity contribution in [3.63, 3.8) is 0 Å². The first kappa shape index (κ1) is 34.4. The van der Waals surface area contributed by atoms with Gasteiger partial charge in [0.2, 0.25) is 0 Å². The fourth-order valence-corrected chi connectivity index (χ4v) is 6.66. The molecule has 1 aliphatic rings. The second kappa shape index (κ2) is 14.5. The largest absolute Gasteiger partial charge is 0.378 e. The first-order chi connectivity index (χ1) is 22.4. The van der Waals surface area contributed by atoms with Gasteiger partial charge >= 0.3 is 0 Å². The van der Waals surface area contributed by atoms with E-state index in [2.05, 4.69) is 9.97 Å². The first-order valence-corrected chi connectivity index (χ1v) is 17.4. The fourth-order valence-electron chi connectivity index (χ4n) is 5.65. The number of hydrogen-bond donors (Lipinski definition) is 2. The Kier molecular flexibility index (Phi) is 10.6. The summed E-state index contributed by atoms with van der Waals surface area (Å²) >= 11 is 6.07. The third-order valence-electron chi connectivity index (χ3n) is 7.69. The number of nitrogens with one attached hydrogen (secondary N) is 1. The number of carbonyl (C=O) groups excluding carboxylic acids is 1. The molecule has 3 aromatic heterocycles. The summed E-state index contributed by atoms with van der Waals surface area (Å²) in [6.45, 7) is 1.81. The molecule has 0 fully saturated rings. The Morgan fingerprint density at radius 1 is 1.13 bits per heavy atom. The Balaban J connectivity index is 1.67. The van der Waals surface area contributed by atoms with E-state index in [1.807, 2.05) is 0 Å². The predicted octanol–water partition coefficient (Wildman–Crippen LogP) is 3.08. The minimum absolute atomic E-state index is 0.00671. The van der Waals surface area contributed by atoms with E-state index in [4.69, 9.17) is 26.8 Å². The summed E-state index contributed by atoms with van der Waals surface area (Å²) in [5.74, 6) is -2.95. The number of ether oxygens (including phenoxy) is 2. The van der Waals surface area contributed by atoms with Gasteiger partial charge in [0.1, 0.15) is 11.3 Å². The standard InChI is InChI=1S/C31H35ClF2N6O6S/c1-38-17-24-23-11-19(18-47(2,43)44)22(30(41)39(5-3-32)6-8-46-10-9-45-7-4-35)13-26(23)40(29-25(34)12-21(33)15-37-29)16-20-14-36-28(27(20)24)31(38)42/h11-15,17,36H,3-10,16,18,35H2,1-2H3. The number of rotatable bonds is 14. The van der Waals surface area contributed by atoms with E-state index in [0.717, 1.165) is 12.5 Å². The lowest BCUT2D eigenvalue weighted by atomic mass is 9.95. The van der Waals surface area contributed by atoms with E-state index in [0.29, 0.717) is 59.1 Å². The van der Waals surface area contributed by atoms with Crippen LogP contribution in [0.15, 0.2) is 41.6 Å². The van der Waals surface area contributed by atoms with Crippen LogP contribution in [0.1, 0.15) is 21.5 Å². The van der Waals surface area contributed by atoms with Gasteiger partial charge < -0.3 is 34.6 Å². The van der Waals surface area contributed by atoms with Crippen molar-refractivity contribution in [2.45, 2.75) is 12.3 Å². The lowest BCUT2D eigenvalue weighted by Gasteiger charge is -2.28. The Bertz CT molecular complexity index is 1970. The van der Waals surface area contributed by atoms with Crippen LogP contribution >= 0.6 is 11.6 Å². The number of halogens is 3. The van der Waals surface area contributed by atoms with Crippen molar-refractivity contribution < 1.29 is 31.5 Å². The van der Waals surface area contributed by atoms with E-state index < -0.39 is 33.1 Å². The van der Waals surface area contributed by atoms with Crippen LogP contribution in [-0.4, -0.2) is 92.0 Å². The van der Waals surface area contributed by atoms with Crippen molar-refractivity contribution in [2.75, 3.05) is 63.1 Å². The highest BCUT2D eigenvalue weighted by Gasteiger charge is 2.31. The summed E-state index contributed by atoms with van der Waals surface area (Å²) in [5, 5.41) is 0.556. The van der Waals surface area contributed by atoms with Crippen molar-refractivity contribution in [2.24, 2.45) is 12.8 Å². The number of sulfone groups is 1. The number of nitrogens with zero attached hydrogens (tertiary/aromatic N) is 4. The van der Waals surface area contributed by atoms with Crippen LogP contribution in [0, 0.1) is 11.6 Å². The molecule has 1 amide bonds. The van der Waals surface area contributed by atoms with Crippen molar-refractivity contribution >= 4 is 49.8 Å². The zero-order valence-corrected chi connectivity index (χ0v) is 27.5. The lowest BCUT2D eigenvalue weighted by Crippen LogP contribution is -2.36. The SMILES string of the molecule is Cn1cc2c3c(c[nH]c3c1=O)CN(c1ncc(F)cc1F)c1cc(C(=O)N(CCCl)CCOCCOCCN)c(CS(C)(=O)=O)cc1-2. The normalized spacial score (nSPS) is 12.8. The van der Waals surface area contributed by atoms with Gasteiger partial charge in [-0.05, 0) is 23.3 Å². The van der Waals surface area contributed by atoms with E-state index >= 15 is 4.39 Å². The Morgan fingerprint density at radius 3 is 2.55 bits per heavy atom. The Morgan fingerprint density at radius 2 is 1.87 bits per heavy atom. The molecule has 0 aliphatic carbocycles. The Labute approximate surface area is 274 Å². The van der Waals surface area contributed by atoms with Crippen LogP contribution < -0.4 is 16.2 Å². The average Bonchev–Trinajstić information content (AvgIpc) is 3.38. The van der Waals surface area contributed by atoms with Gasteiger partial charge in [-0.3, -0.25) is 9.59 Å². The van der Waals surface area contributed by atoms with Crippen LogP contribution in [0.4, 0.5) is 20.3 Å². The van der Waals surface area contributed by atoms with Gasteiger partial charge in [-0.1, -0.05) is 0 Å². The molecular formula is C31H35ClF2N6O6S. The second-order valence-corrected chi connectivity index (χ2v) is 13.7. The first-order valence-electron chi connectivity index (χ1n) is 14.8. The number of benzene rings is 1. The number of amides is 1. The van der Waals surface area contributed by atoms with E-state index in [-0.39, 0.29) is 61.2 Å². The van der Waals surface area contributed by atoms with Gasteiger partial charge in [-0.25, -0.2) is 22.2 Å². The second-order valence-electron chi connectivity index (χ2n) is 11.2. The number of hydrogen-bond acceptors (Lipinski definition) is 9. The minimum Gasteiger partial charge on any atom is -0.378 e. The van der Waals surface area contributed by atoms with Crippen LogP contribution in [0.5, 0.6) is 0 Å². The summed E-state index contributed by atoms with van der Waals surface area (Å²) in [4.78, 5) is 37.2. The molecule has 0 spiro atoms. The molecular weight excluding hydrogens is 658 g/mol. The molecule has 0 unspecified atom stereocenters. The topological polar surface area (TPSA) is 153 Å². The number of fused-ring (bicyclic) bond motifs is 2. The number of carbonyl (C=O) groups is 1. The van der Waals surface area contributed by atoms with Crippen molar-refractivity contribution in [1.29, 1.82) is 0 Å². The third-order valence-corrected chi connectivity index (χ3v) is 8.70. The van der Waals surface area contributed by atoms with Crippen LogP contribution in [0.2, 0.25) is 0 Å². The average molecular weight is 693 g/mol. The highest BCUT2D eigenvalue weighted by Crippen LogP contribution is 2.45. The number of aromatic nitrogens is 3. The molecule has 16 heteroatoms. The number of anilines is 2. The van der Waals surface area contributed by atoms with Gasteiger partial charge in [-0.15, -0.1) is 11.6 Å². The minimum atomic E-state index is -3.67. The molecule has 252 valence electrons. The predicted molar refractivity (Wildman–Crippen MR) is 175 cm³/mol. The van der Waals surface area contributed by atoms with E-state index in [1.165, 1.54) is 20.4 Å². The molecule has 5 rings (SSSR count). The monoisotopic (exact) mass is 692 g/mol. The number of nitrogens with two attached hydrogens (primary N) is 1. The molecule has 3 N–H and O–H groups in total. The number of aryl methyl sites for hydroxylation is 1. The summed E-state index contributed by atoms with van der Waals surface area (Å²) in [6.07, 6.45) is 5.18. The maximum atomic E-state index is 15.4. The lowest BCUT2D eigenvalue weighted by molar-refractivity contribution is 0.0387. The highest BCUT2D eigenvalue weighted by atomic mass is 35.5. The van der Waals surface area contributed by atoms with Gasteiger partial charge in [0.05, 0.1) is 50.6 Å². The molecule has 0 radical (unpaired) electrons. The van der Waals surface area contributed by atoms with Crippen LogP contribution in [-0.2, 0) is 38.7 Å². The van der Waals surface area contributed by atoms with Gasteiger partial charge in [0.15, 0.2) is 21.5 Å². The highest BCUT2D eigenvalue weighted by molar-refractivity contribution is 7.89. The zero-order valence-electron chi connectivity index (χ0n) is 25.9. The van der Waals surface area contributed by atoms with Crippen molar-refractivity contribution in [1.82, 2.24) is 19.4 Å². The molecule has 1 aliphatic heterocycles. The summed E-state index contributed by atoms with van der Waals surface area (Å²) < 4.78 is 67.1. The number of pyridine rings is 2. The van der Waals surface area contributed by atoms with E-state index in [9.17, 15) is 22.4 Å². The third kappa shape index (κ3) is 7.49. The van der Waals surface area contributed by atoms with Crippen molar-refractivity contribution in [3.8, 4) is 11.1 Å². The molecule has 4 heterocycles. The maximum Gasteiger partial charge on any atom is 0.274 e. The van der Waals surface area contributed by atoms with E-state index in [1.54, 1.807) is 25.5 Å². The summed E-state index contributed by atoms with van der Waals surface area (Å²) in [7, 11) is -2.09. The zero-order chi connectivity index (χ0) is 33.9. The molecule has 0 bridgehead atoms. The summed E-state index contributed by atoms with van der Waals surface area (Å²) in [6, 6.07) is 3.78. The molecule has 47 heavy (non-hydrogen) atoms. The fraction of sp³-hybridized carbons (Fsp3) is 0.387. The molecule has 12 nitrogen and oxygen atoms in total. The smallest absolute Gasteiger partial charge is 0.274 e. The molecule has 0 saturated heterocycles. The number of H-pyrrole nitrogens is 1. The number of aromatic amines is 1. The maximum absolute atomic E-state index is 15.4. The molecule has 0 atom stereocenters. The quantitative estimate of drug-likeness (QED) is 0.150.